The molecule has 0 radical (unpaired) electrons. The van der Waals surface area contributed by atoms with Crippen LogP contribution >= 0.6 is 0 Å². The summed E-state index contributed by atoms with van der Waals surface area (Å²) in [5.41, 5.74) is 3.60. The van der Waals surface area contributed by atoms with Gasteiger partial charge in [0.1, 0.15) is 5.82 Å². The zero-order valence-electron chi connectivity index (χ0n) is 17.0. The van der Waals surface area contributed by atoms with Crippen LogP contribution in [0.5, 0.6) is 0 Å². The van der Waals surface area contributed by atoms with Gasteiger partial charge in [0, 0.05) is 17.3 Å². The monoisotopic (exact) mass is 404 g/mol. The Hall–Kier alpha value is -2.79. The normalized spacial score (nSPS) is 25.8. The minimum Gasteiger partial charge on any atom is -0.373 e. The molecule has 1 amide bonds. The number of aryl methyl sites for hydroxylation is 1. The summed E-state index contributed by atoms with van der Waals surface area (Å²) in [6.45, 7) is 2.50. The predicted octanol–water partition coefficient (Wildman–Crippen LogP) is 5.36. The largest absolute Gasteiger partial charge is 0.373 e. The van der Waals surface area contributed by atoms with E-state index in [0.29, 0.717) is 12.5 Å². The van der Waals surface area contributed by atoms with Crippen molar-refractivity contribution in [2.45, 2.75) is 44.1 Å². The Morgan fingerprint density at radius 2 is 1.90 bits per heavy atom. The van der Waals surface area contributed by atoms with Crippen molar-refractivity contribution in [1.29, 1.82) is 0 Å². The zero-order valence-corrected chi connectivity index (χ0v) is 17.0. The molecule has 1 atom stereocenters. The van der Waals surface area contributed by atoms with E-state index in [1.807, 2.05) is 37.3 Å². The third-order valence-electron chi connectivity index (χ3n) is 6.82. The maximum atomic E-state index is 13.8. The van der Waals surface area contributed by atoms with E-state index in [-0.39, 0.29) is 23.2 Å². The van der Waals surface area contributed by atoms with Gasteiger partial charge in [-0.3, -0.25) is 9.78 Å². The molecular weight excluding hydrogens is 379 g/mol. The number of rotatable bonds is 3. The number of aromatic nitrogens is 1. The van der Waals surface area contributed by atoms with Crippen molar-refractivity contribution in [1.82, 2.24) is 4.98 Å². The Morgan fingerprint density at radius 3 is 2.60 bits per heavy atom. The van der Waals surface area contributed by atoms with Crippen LogP contribution in [0.2, 0.25) is 0 Å². The summed E-state index contributed by atoms with van der Waals surface area (Å²) in [5, 5.41) is 3.94. The van der Waals surface area contributed by atoms with E-state index in [2.05, 4.69) is 10.3 Å². The van der Waals surface area contributed by atoms with Gasteiger partial charge in [0.05, 0.1) is 23.6 Å². The predicted molar refractivity (Wildman–Crippen MR) is 115 cm³/mol. The fourth-order valence-corrected chi connectivity index (χ4v) is 4.99. The van der Waals surface area contributed by atoms with E-state index < -0.39 is 0 Å². The molecule has 2 heterocycles. The van der Waals surface area contributed by atoms with E-state index >= 15 is 0 Å². The maximum absolute atomic E-state index is 13.8. The van der Waals surface area contributed by atoms with Crippen molar-refractivity contribution in [2.75, 3.05) is 11.9 Å². The molecule has 1 aromatic heterocycles. The number of halogens is 1. The highest BCUT2D eigenvalue weighted by molar-refractivity contribution is 5.94. The molecule has 0 bridgehead atoms. The van der Waals surface area contributed by atoms with Crippen molar-refractivity contribution in [3.8, 4) is 0 Å². The van der Waals surface area contributed by atoms with Crippen LogP contribution in [-0.4, -0.2) is 23.1 Å². The molecule has 5 heteroatoms. The molecule has 2 aromatic carbocycles. The Balaban J connectivity index is 1.29. The van der Waals surface area contributed by atoms with Gasteiger partial charge in [0.2, 0.25) is 5.91 Å². The van der Waals surface area contributed by atoms with E-state index in [0.717, 1.165) is 47.8 Å². The highest BCUT2D eigenvalue weighted by Crippen LogP contribution is 2.49. The van der Waals surface area contributed by atoms with Gasteiger partial charge in [-0.15, -0.1) is 0 Å². The number of nitrogens with one attached hydrogen (secondary N) is 1. The molecule has 154 valence electrons. The number of hydrogen-bond donors (Lipinski definition) is 1. The van der Waals surface area contributed by atoms with Crippen LogP contribution in [0, 0.1) is 18.7 Å². The summed E-state index contributed by atoms with van der Waals surface area (Å²) in [5.74, 6) is 0.0125. The Labute approximate surface area is 175 Å². The van der Waals surface area contributed by atoms with Gasteiger partial charge in [-0.25, -0.2) is 4.39 Å². The number of fused-ring (bicyclic) bond motifs is 1. The second kappa shape index (κ2) is 7.47. The van der Waals surface area contributed by atoms with Crippen LogP contribution in [0.15, 0.2) is 54.7 Å². The lowest BCUT2D eigenvalue weighted by Crippen LogP contribution is -2.59. The minimum atomic E-state index is -0.362. The first-order chi connectivity index (χ1) is 14.5. The van der Waals surface area contributed by atoms with Crippen LogP contribution in [0.1, 0.15) is 42.7 Å². The quantitative estimate of drug-likeness (QED) is 0.639. The standard InChI is InChI=1S/C25H25FN2O2/c1-16-2-5-19(6-3-16)28-24(29)22-15-30-25(22)11-8-17(9-12-25)20-10-13-27-23-7-4-18(26)14-21(20)23/h2-7,10,13-14,17,22H,8-9,11-12,15H2,1H3,(H,28,29). The van der Waals surface area contributed by atoms with Crippen molar-refractivity contribution in [2.24, 2.45) is 5.92 Å². The Morgan fingerprint density at radius 1 is 1.13 bits per heavy atom. The lowest BCUT2D eigenvalue weighted by molar-refractivity contribution is -0.216. The summed E-state index contributed by atoms with van der Waals surface area (Å²) in [7, 11) is 0. The first kappa shape index (κ1) is 19.2. The van der Waals surface area contributed by atoms with Crippen molar-refractivity contribution in [3.63, 3.8) is 0 Å². The van der Waals surface area contributed by atoms with Gasteiger partial charge in [0.25, 0.3) is 0 Å². The van der Waals surface area contributed by atoms with Crippen molar-refractivity contribution < 1.29 is 13.9 Å². The Kier molecular flexibility index (Phi) is 4.78. The number of amides is 1. The zero-order chi connectivity index (χ0) is 20.7. The topological polar surface area (TPSA) is 51.2 Å². The first-order valence-corrected chi connectivity index (χ1v) is 10.6. The summed E-state index contributed by atoms with van der Waals surface area (Å²) in [6.07, 6.45) is 5.32. The minimum absolute atomic E-state index is 0.0417. The van der Waals surface area contributed by atoms with Gasteiger partial charge < -0.3 is 10.1 Å². The fourth-order valence-electron chi connectivity index (χ4n) is 4.99. The van der Waals surface area contributed by atoms with Crippen molar-refractivity contribution >= 4 is 22.5 Å². The molecule has 1 spiro atoms. The van der Waals surface area contributed by atoms with Crippen LogP contribution in [0.25, 0.3) is 10.9 Å². The van der Waals surface area contributed by atoms with Gasteiger partial charge in [-0.2, -0.15) is 0 Å². The molecule has 1 saturated carbocycles. The van der Waals surface area contributed by atoms with E-state index in [1.54, 1.807) is 18.3 Å². The molecule has 1 saturated heterocycles. The second-order valence-corrected chi connectivity index (χ2v) is 8.62. The van der Waals surface area contributed by atoms with Crippen LogP contribution < -0.4 is 5.32 Å². The summed E-state index contributed by atoms with van der Waals surface area (Å²) >= 11 is 0. The molecule has 2 aliphatic rings. The molecule has 1 unspecified atom stereocenters. The highest BCUT2D eigenvalue weighted by Gasteiger charge is 2.53. The summed E-state index contributed by atoms with van der Waals surface area (Å²) < 4.78 is 19.8. The van der Waals surface area contributed by atoms with E-state index in [9.17, 15) is 9.18 Å². The number of benzene rings is 2. The van der Waals surface area contributed by atoms with Gasteiger partial charge in [0.15, 0.2) is 0 Å². The molecule has 2 fully saturated rings. The number of carbonyl (C=O) groups is 1. The molecule has 4 nitrogen and oxygen atoms in total. The lowest BCUT2D eigenvalue weighted by atomic mass is 9.67. The van der Waals surface area contributed by atoms with Crippen LogP contribution in [-0.2, 0) is 9.53 Å². The number of ether oxygens (including phenoxy) is 1. The number of hydrogen-bond acceptors (Lipinski definition) is 3. The number of carbonyl (C=O) groups excluding carboxylic acids is 1. The summed E-state index contributed by atoms with van der Waals surface area (Å²) in [4.78, 5) is 17.2. The van der Waals surface area contributed by atoms with Gasteiger partial charge in [-0.1, -0.05) is 17.7 Å². The van der Waals surface area contributed by atoms with Crippen LogP contribution in [0.3, 0.4) is 0 Å². The number of anilines is 1. The van der Waals surface area contributed by atoms with Crippen LogP contribution in [0.4, 0.5) is 10.1 Å². The van der Waals surface area contributed by atoms with E-state index in [4.69, 9.17) is 4.74 Å². The number of pyridine rings is 1. The average Bonchev–Trinajstić information content (AvgIpc) is 2.74. The SMILES string of the molecule is Cc1ccc(NC(=O)C2COC23CCC(c2ccnc4ccc(F)cc24)CC3)cc1. The molecule has 30 heavy (non-hydrogen) atoms. The molecule has 1 aliphatic heterocycles. The number of nitrogens with zero attached hydrogens (tertiary/aromatic N) is 1. The molecule has 1 N–H and O–H groups in total. The molecule has 5 rings (SSSR count). The van der Waals surface area contributed by atoms with Crippen molar-refractivity contribution in [3.05, 3.63) is 71.7 Å². The smallest absolute Gasteiger partial charge is 0.232 e. The first-order valence-electron chi connectivity index (χ1n) is 10.6. The fraction of sp³-hybridized carbons (Fsp3) is 0.360. The molecular formula is C25H25FN2O2. The molecule has 3 aromatic rings. The Bertz CT molecular complexity index is 1090. The van der Waals surface area contributed by atoms with Gasteiger partial charge >= 0.3 is 0 Å². The molecule has 1 aliphatic carbocycles. The van der Waals surface area contributed by atoms with Gasteiger partial charge in [-0.05, 0) is 80.5 Å². The summed E-state index contributed by atoms with van der Waals surface area (Å²) in [6, 6.07) is 14.6. The third-order valence-corrected chi connectivity index (χ3v) is 6.82. The average molecular weight is 404 g/mol. The lowest BCUT2D eigenvalue weighted by Gasteiger charge is -2.52. The van der Waals surface area contributed by atoms with E-state index in [1.165, 1.54) is 11.6 Å². The second-order valence-electron chi connectivity index (χ2n) is 8.62. The third kappa shape index (κ3) is 3.37. The maximum Gasteiger partial charge on any atom is 0.232 e. The highest BCUT2D eigenvalue weighted by atomic mass is 19.1.